The van der Waals surface area contributed by atoms with Crippen LogP contribution in [-0.4, -0.2) is 34.1 Å². The number of hydrogen-bond donors (Lipinski definition) is 0. The van der Waals surface area contributed by atoms with Crippen molar-refractivity contribution in [2.45, 2.75) is 43.9 Å². The van der Waals surface area contributed by atoms with Crippen LogP contribution in [0.3, 0.4) is 0 Å². The lowest BCUT2D eigenvalue weighted by molar-refractivity contribution is -0.141. The quantitative estimate of drug-likeness (QED) is 0.160. The van der Waals surface area contributed by atoms with Crippen molar-refractivity contribution >= 4 is 44.9 Å². The number of ether oxygens (including phenoxy) is 2. The van der Waals surface area contributed by atoms with Crippen molar-refractivity contribution in [1.29, 1.82) is 0 Å². The van der Waals surface area contributed by atoms with Crippen molar-refractivity contribution in [3.8, 4) is 5.75 Å². The first-order chi connectivity index (χ1) is 19.2. The number of esters is 1. The minimum absolute atomic E-state index is 0.0591. The van der Waals surface area contributed by atoms with Gasteiger partial charge in [0, 0.05) is 12.0 Å². The molecule has 3 aromatic carbocycles. The van der Waals surface area contributed by atoms with Crippen LogP contribution >= 0.6 is 11.6 Å². The molecule has 1 unspecified atom stereocenters. The number of methoxy groups -OCH3 is 1. The van der Waals surface area contributed by atoms with Crippen LogP contribution in [0.5, 0.6) is 5.75 Å². The number of anilines is 1. The predicted octanol–water partition coefficient (Wildman–Crippen LogP) is 7.28. The Balaban J connectivity index is 1.82. The number of allylic oxidation sites excluding steroid dienone is 1. The molecule has 0 N–H and O–H groups in total. The van der Waals surface area contributed by atoms with Gasteiger partial charge in [0.25, 0.3) is 10.0 Å². The first-order valence-electron chi connectivity index (χ1n) is 12.4. The molecule has 0 bridgehead atoms. The molecule has 218 valence electrons. The Labute approximate surface area is 240 Å². The van der Waals surface area contributed by atoms with Crippen molar-refractivity contribution in [1.82, 2.24) is 0 Å². The van der Waals surface area contributed by atoms with Gasteiger partial charge in [0.15, 0.2) is 0 Å². The van der Waals surface area contributed by atoms with Crippen molar-refractivity contribution in [2.75, 3.05) is 18.0 Å². The number of fused-ring (bicyclic) bond motifs is 1. The molecule has 0 aliphatic carbocycles. The van der Waals surface area contributed by atoms with Gasteiger partial charge in [-0.3, -0.25) is 9.10 Å². The maximum atomic E-state index is 14.5. The summed E-state index contributed by atoms with van der Waals surface area (Å²) in [5.41, 5.74) is -0.321. The topological polar surface area (TPSA) is 72.9 Å². The minimum Gasteiger partial charge on any atom is -0.486 e. The zero-order valence-corrected chi connectivity index (χ0v) is 23.8. The SMILES string of the molecule is COC(=O)CCC1CN(S(=O)(=O)c2cccc(C(F)(F)F)c2C)c2cc(/C=C(\C)c3c(F)cccc3Cl)ccc2O1. The van der Waals surface area contributed by atoms with E-state index in [0.717, 1.165) is 29.4 Å². The lowest BCUT2D eigenvalue weighted by Gasteiger charge is -2.36. The predicted molar refractivity (Wildman–Crippen MR) is 148 cm³/mol. The summed E-state index contributed by atoms with van der Waals surface area (Å²) < 4.78 is 94.9. The van der Waals surface area contributed by atoms with Gasteiger partial charge in [-0.1, -0.05) is 35.9 Å². The molecule has 1 aliphatic rings. The average Bonchev–Trinajstić information content (AvgIpc) is 2.90. The molecule has 0 aromatic heterocycles. The third-order valence-electron chi connectivity index (χ3n) is 6.71. The van der Waals surface area contributed by atoms with Gasteiger partial charge in [-0.15, -0.1) is 0 Å². The Bertz CT molecular complexity index is 1600. The summed E-state index contributed by atoms with van der Waals surface area (Å²) in [5, 5.41) is 0.192. The van der Waals surface area contributed by atoms with E-state index < -0.39 is 50.1 Å². The molecule has 0 saturated carbocycles. The minimum atomic E-state index is -4.76. The van der Waals surface area contributed by atoms with Crippen LogP contribution < -0.4 is 9.04 Å². The van der Waals surface area contributed by atoms with Gasteiger partial charge in [0.2, 0.25) is 0 Å². The summed E-state index contributed by atoms with van der Waals surface area (Å²) in [5.74, 6) is -0.909. The van der Waals surface area contributed by atoms with E-state index in [0.29, 0.717) is 11.1 Å². The van der Waals surface area contributed by atoms with Gasteiger partial charge in [-0.25, -0.2) is 12.8 Å². The van der Waals surface area contributed by atoms with E-state index in [9.17, 15) is 30.8 Å². The van der Waals surface area contributed by atoms with Crippen LogP contribution in [0.4, 0.5) is 23.2 Å². The fourth-order valence-corrected chi connectivity index (χ4v) is 6.76. The third-order valence-corrected chi connectivity index (χ3v) is 8.95. The van der Waals surface area contributed by atoms with E-state index in [-0.39, 0.29) is 41.4 Å². The second-order valence-corrected chi connectivity index (χ2v) is 11.7. The summed E-state index contributed by atoms with van der Waals surface area (Å²) in [4.78, 5) is 11.2. The molecule has 0 saturated heterocycles. The summed E-state index contributed by atoms with van der Waals surface area (Å²) in [6, 6.07) is 11.9. The van der Waals surface area contributed by atoms with Gasteiger partial charge in [-0.05, 0) is 73.4 Å². The van der Waals surface area contributed by atoms with E-state index in [1.165, 1.54) is 37.4 Å². The Morgan fingerprint density at radius 3 is 2.54 bits per heavy atom. The number of hydrogen-bond acceptors (Lipinski definition) is 5. The summed E-state index contributed by atoms with van der Waals surface area (Å²) in [7, 11) is -3.32. The molecule has 0 radical (unpaired) electrons. The number of benzene rings is 3. The van der Waals surface area contributed by atoms with Gasteiger partial charge < -0.3 is 9.47 Å². The number of rotatable bonds is 7. The van der Waals surface area contributed by atoms with Crippen molar-refractivity contribution in [3.63, 3.8) is 0 Å². The van der Waals surface area contributed by atoms with Gasteiger partial charge in [0.05, 0.1) is 34.8 Å². The lowest BCUT2D eigenvalue weighted by atomic mass is 10.0. The molecule has 1 heterocycles. The standard InChI is InChI=1S/C29H26ClF4NO5S/c1-17(28-22(30)7-5-8-23(28)31)14-19-10-12-25-24(15-19)35(16-20(40-25)11-13-27(36)39-3)41(37,38)26-9-4-6-21(18(26)2)29(32,33)34/h4-10,12,14-15,20H,11,13,16H2,1-3H3/b17-14+. The number of sulfonamides is 1. The highest BCUT2D eigenvalue weighted by atomic mass is 35.5. The van der Waals surface area contributed by atoms with Crippen LogP contribution in [0.2, 0.25) is 5.02 Å². The highest BCUT2D eigenvalue weighted by Crippen LogP contribution is 2.41. The summed E-state index contributed by atoms with van der Waals surface area (Å²) >= 11 is 6.19. The van der Waals surface area contributed by atoms with Crippen molar-refractivity contribution in [3.05, 3.63) is 87.7 Å². The van der Waals surface area contributed by atoms with Crippen LogP contribution in [0.1, 0.15) is 42.0 Å². The number of carbonyl (C=O) groups is 1. The fraction of sp³-hybridized carbons (Fsp3) is 0.276. The number of alkyl halides is 3. The lowest BCUT2D eigenvalue weighted by Crippen LogP contribution is -2.44. The molecule has 41 heavy (non-hydrogen) atoms. The monoisotopic (exact) mass is 611 g/mol. The van der Waals surface area contributed by atoms with Gasteiger partial charge >= 0.3 is 12.1 Å². The highest BCUT2D eigenvalue weighted by molar-refractivity contribution is 7.93. The molecule has 0 fully saturated rings. The van der Waals surface area contributed by atoms with Crippen LogP contribution in [-0.2, 0) is 25.7 Å². The fourth-order valence-electron chi connectivity index (χ4n) is 4.69. The van der Waals surface area contributed by atoms with Crippen molar-refractivity contribution in [2.24, 2.45) is 0 Å². The molecule has 4 rings (SSSR count). The number of halogens is 5. The molecule has 12 heteroatoms. The number of carbonyl (C=O) groups excluding carboxylic acids is 1. The summed E-state index contributed by atoms with van der Waals surface area (Å²) in [6.07, 6.45) is -3.90. The average molecular weight is 612 g/mol. The summed E-state index contributed by atoms with van der Waals surface area (Å²) in [6.45, 7) is 2.48. The van der Waals surface area contributed by atoms with E-state index in [1.807, 2.05) is 0 Å². The maximum absolute atomic E-state index is 14.5. The molecule has 6 nitrogen and oxygen atoms in total. The van der Waals surface area contributed by atoms with Gasteiger partial charge in [-0.2, -0.15) is 13.2 Å². The second-order valence-electron chi connectivity index (χ2n) is 9.47. The molecule has 1 aliphatic heterocycles. The zero-order valence-electron chi connectivity index (χ0n) is 22.3. The molecule has 1 atom stereocenters. The normalized spacial score (nSPS) is 15.8. The first-order valence-corrected chi connectivity index (χ1v) is 14.3. The maximum Gasteiger partial charge on any atom is 0.416 e. The Hall–Kier alpha value is -3.57. The molecule has 0 spiro atoms. The Morgan fingerprint density at radius 2 is 1.88 bits per heavy atom. The van der Waals surface area contributed by atoms with Crippen molar-refractivity contribution < 1.29 is 40.2 Å². The first kappa shape index (κ1) is 30.4. The second kappa shape index (κ2) is 11.7. The smallest absolute Gasteiger partial charge is 0.416 e. The van der Waals surface area contributed by atoms with Gasteiger partial charge in [0.1, 0.15) is 17.7 Å². The Kier molecular flexibility index (Phi) is 8.70. The largest absolute Gasteiger partial charge is 0.486 e. The zero-order chi connectivity index (χ0) is 30.1. The number of nitrogens with zero attached hydrogens (tertiary/aromatic N) is 1. The molecule has 3 aromatic rings. The third kappa shape index (κ3) is 6.36. The van der Waals surface area contributed by atoms with E-state index in [1.54, 1.807) is 19.1 Å². The van der Waals surface area contributed by atoms with E-state index in [4.69, 9.17) is 16.3 Å². The van der Waals surface area contributed by atoms with Crippen LogP contribution in [0, 0.1) is 12.7 Å². The van der Waals surface area contributed by atoms with E-state index in [2.05, 4.69) is 4.74 Å². The highest BCUT2D eigenvalue weighted by Gasteiger charge is 2.39. The Morgan fingerprint density at radius 1 is 1.17 bits per heavy atom. The molecule has 0 amide bonds. The van der Waals surface area contributed by atoms with Crippen LogP contribution in [0.25, 0.3) is 11.6 Å². The molecular weight excluding hydrogens is 586 g/mol. The molecular formula is C29H26ClF4NO5S. The van der Waals surface area contributed by atoms with Crippen LogP contribution in [0.15, 0.2) is 59.5 Å². The van der Waals surface area contributed by atoms with E-state index >= 15 is 0 Å².